The molecule has 34 heavy (non-hydrogen) atoms. The van der Waals surface area contributed by atoms with Crippen LogP contribution in [0.15, 0.2) is 35.3 Å². The van der Waals surface area contributed by atoms with Crippen LogP contribution in [0.3, 0.4) is 0 Å². The van der Waals surface area contributed by atoms with Crippen molar-refractivity contribution in [3.63, 3.8) is 0 Å². The van der Waals surface area contributed by atoms with Crippen molar-refractivity contribution in [2.24, 2.45) is 7.05 Å². The number of anilines is 3. The molecule has 10 heteroatoms. The lowest BCUT2D eigenvalue weighted by Gasteiger charge is -2.37. The standard InChI is InChI=1S/C24H29ClN6O3/c1-5-18(32)14-34-21-11-16-10-17(6-7-20(16)30(4)23(21)33)27-22-19(25)12-26-24(28-22)31-9-8-29(3)15(2)13-31/h6-7,10-12,15H,5,8-9,13-14H2,1-4H3,(H,26,27,28)/t15-/m1/s1. The molecule has 2 aromatic heterocycles. The predicted molar refractivity (Wildman–Crippen MR) is 135 cm³/mol. The minimum absolute atomic E-state index is 0.0680. The Morgan fingerprint density at radius 3 is 2.79 bits per heavy atom. The zero-order valence-electron chi connectivity index (χ0n) is 19.8. The van der Waals surface area contributed by atoms with Crippen molar-refractivity contribution in [3.05, 3.63) is 45.8 Å². The molecule has 1 N–H and O–H groups in total. The Hall–Kier alpha value is -3.17. The van der Waals surface area contributed by atoms with E-state index in [-0.39, 0.29) is 23.7 Å². The van der Waals surface area contributed by atoms with Crippen LogP contribution in [0, 0.1) is 0 Å². The maximum absolute atomic E-state index is 12.6. The maximum Gasteiger partial charge on any atom is 0.293 e. The number of rotatable bonds is 7. The summed E-state index contributed by atoms with van der Waals surface area (Å²) >= 11 is 6.40. The largest absolute Gasteiger partial charge is 0.480 e. The fourth-order valence-electron chi connectivity index (χ4n) is 3.86. The molecule has 1 fully saturated rings. The van der Waals surface area contributed by atoms with Crippen molar-refractivity contribution in [3.8, 4) is 5.75 Å². The number of hydrogen-bond donors (Lipinski definition) is 1. The number of piperazine rings is 1. The number of likely N-dealkylation sites (N-methyl/N-ethyl adjacent to an activating group) is 1. The van der Waals surface area contributed by atoms with E-state index in [1.165, 1.54) is 4.57 Å². The first-order valence-corrected chi connectivity index (χ1v) is 11.7. The van der Waals surface area contributed by atoms with Gasteiger partial charge < -0.3 is 24.4 Å². The van der Waals surface area contributed by atoms with Gasteiger partial charge in [-0.25, -0.2) is 4.98 Å². The van der Waals surface area contributed by atoms with Crippen molar-refractivity contribution in [2.45, 2.75) is 26.3 Å². The highest BCUT2D eigenvalue weighted by atomic mass is 35.5. The number of nitrogens with one attached hydrogen (secondary N) is 1. The molecule has 1 atom stereocenters. The van der Waals surface area contributed by atoms with Crippen LogP contribution >= 0.6 is 11.6 Å². The molecule has 1 aromatic carbocycles. The summed E-state index contributed by atoms with van der Waals surface area (Å²) in [6, 6.07) is 7.65. The minimum Gasteiger partial charge on any atom is -0.480 e. The molecule has 1 aliphatic rings. The van der Waals surface area contributed by atoms with E-state index in [2.05, 4.69) is 39.1 Å². The van der Waals surface area contributed by atoms with E-state index in [0.29, 0.717) is 29.3 Å². The van der Waals surface area contributed by atoms with Gasteiger partial charge in [-0.05, 0) is 38.2 Å². The summed E-state index contributed by atoms with van der Waals surface area (Å²) in [6.07, 6.45) is 1.97. The number of aromatic nitrogens is 3. The number of fused-ring (bicyclic) bond motifs is 1. The van der Waals surface area contributed by atoms with Gasteiger partial charge in [0.2, 0.25) is 5.95 Å². The number of benzene rings is 1. The van der Waals surface area contributed by atoms with Crippen molar-refractivity contribution in [2.75, 3.05) is 43.5 Å². The lowest BCUT2D eigenvalue weighted by Crippen LogP contribution is -2.50. The predicted octanol–water partition coefficient (Wildman–Crippen LogP) is 3.22. The summed E-state index contributed by atoms with van der Waals surface area (Å²) in [7, 11) is 3.79. The van der Waals surface area contributed by atoms with Crippen LogP contribution in [0.1, 0.15) is 20.3 Å². The molecule has 4 rings (SSSR count). The molecule has 1 saturated heterocycles. The zero-order chi connectivity index (χ0) is 24.4. The summed E-state index contributed by atoms with van der Waals surface area (Å²) in [5.74, 6) is 1.21. The molecule has 3 heterocycles. The molecule has 9 nitrogen and oxygen atoms in total. The van der Waals surface area contributed by atoms with Crippen molar-refractivity contribution in [1.82, 2.24) is 19.4 Å². The van der Waals surface area contributed by atoms with Crippen molar-refractivity contribution >= 4 is 45.7 Å². The van der Waals surface area contributed by atoms with Gasteiger partial charge in [0.15, 0.2) is 17.4 Å². The number of carbonyl (C=O) groups is 1. The van der Waals surface area contributed by atoms with Crippen LogP contribution in [-0.2, 0) is 11.8 Å². The third kappa shape index (κ3) is 5.00. The lowest BCUT2D eigenvalue weighted by molar-refractivity contribution is -0.120. The molecule has 0 amide bonds. The Labute approximate surface area is 203 Å². The molecule has 0 radical (unpaired) electrons. The number of pyridine rings is 1. The Morgan fingerprint density at radius 1 is 1.26 bits per heavy atom. The van der Waals surface area contributed by atoms with E-state index < -0.39 is 0 Å². The third-order valence-electron chi connectivity index (χ3n) is 6.21. The first-order chi connectivity index (χ1) is 16.3. The summed E-state index contributed by atoms with van der Waals surface area (Å²) < 4.78 is 7.01. The lowest BCUT2D eigenvalue weighted by atomic mass is 10.2. The molecule has 1 aliphatic heterocycles. The topological polar surface area (TPSA) is 92.6 Å². The molecule has 0 spiro atoms. The van der Waals surface area contributed by atoms with Gasteiger partial charge in [-0.1, -0.05) is 18.5 Å². The number of hydrogen-bond acceptors (Lipinski definition) is 8. The van der Waals surface area contributed by atoms with Gasteiger partial charge in [0, 0.05) is 50.2 Å². The number of aryl methyl sites for hydroxylation is 1. The Morgan fingerprint density at radius 2 is 2.06 bits per heavy atom. The average molecular weight is 485 g/mol. The third-order valence-corrected chi connectivity index (χ3v) is 6.49. The van der Waals surface area contributed by atoms with Crippen LogP contribution in [-0.4, -0.2) is 64.5 Å². The van der Waals surface area contributed by atoms with E-state index in [1.54, 1.807) is 26.2 Å². The Kier molecular flexibility index (Phi) is 7.04. The van der Waals surface area contributed by atoms with Crippen LogP contribution in [0.5, 0.6) is 5.75 Å². The second-order valence-corrected chi connectivity index (χ2v) is 9.00. The summed E-state index contributed by atoms with van der Waals surface area (Å²) in [6.45, 7) is 6.43. The molecular formula is C24H29ClN6O3. The molecule has 180 valence electrons. The average Bonchev–Trinajstić information content (AvgIpc) is 2.83. The van der Waals surface area contributed by atoms with E-state index in [1.807, 2.05) is 18.2 Å². The fraction of sp³-hybridized carbons (Fsp3) is 0.417. The van der Waals surface area contributed by atoms with Crippen LogP contribution in [0.25, 0.3) is 10.9 Å². The SMILES string of the molecule is CCC(=O)COc1cc2cc(Nc3nc(N4CCN(C)[C@H](C)C4)ncc3Cl)ccc2n(C)c1=O. The van der Waals surface area contributed by atoms with E-state index in [9.17, 15) is 9.59 Å². The van der Waals surface area contributed by atoms with Gasteiger partial charge in [-0.15, -0.1) is 0 Å². The maximum atomic E-state index is 12.6. The molecule has 0 unspecified atom stereocenters. The first-order valence-electron chi connectivity index (χ1n) is 11.3. The highest BCUT2D eigenvalue weighted by Crippen LogP contribution is 2.28. The number of ether oxygens (including phenoxy) is 1. The quantitative estimate of drug-likeness (QED) is 0.546. The summed E-state index contributed by atoms with van der Waals surface area (Å²) in [5.41, 5.74) is 1.20. The summed E-state index contributed by atoms with van der Waals surface area (Å²) in [4.78, 5) is 37.8. The minimum atomic E-state index is -0.290. The number of ketones is 1. The number of nitrogens with zero attached hydrogens (tertiary/aromatic N) is 5. The van der Waals surface area contributed by atoms with Crippen LogP contribution < -0.4 is 20.5 Å². The van der Waals surface area contributed by atoms with Crippen molar-refractivity contribution < 1.29 is 9.53 Å². The van der Waals surface area contributed by atoms with Gasteiger partial charge in [0.25, 0.3) is 5.56 Å². The zero-order valence-corrected chi connectivity index (χ0v) is 20.6. The Balaban J connectivity index is 1.61. The molecule has 0 aliphatic carbocycles. The first kappa shape index (κ1) is 24.0. The Bertz CT molecular complexity index is 1280. The summed E-state index contributed by atoms with van der Waals surface area (Å²) in [5, 5.41) is 4.47. The molecule has 0 bridgehead atoms. The fourth-order valence-corrected chi connectivity index (χ4v) is 4.00. The van der Waals surface area contributed by atoms with Gasteiger partial charge in [0.05, 0.1) is 11.7 Å². The highest BCUT2D eigenvalue weighted by Gasteiger charge is 2.23. The molecule has 0 saturated carbocycles. The van der Waals surface area contributed by atoms with Crippen LogP contribution in [0.2, 0.25) is 5.02 Å². The van der Waals surface area contributed by atoms with Gasteiger partial charge in [-0.3, -0.25) is 9.59 Å². The highest BCUT2D eigenvalue weighted by molar-refractivity contribution is 6.32. The monoisotopic (exact) mass is 484 g/mol. The van der Waals surface area contributed by atoms with Crippen LogP contribution in [0.4, 0.5) is 17.5 Å². The number of halogens is 1. The van der Waals surface area contributed by atoms with E-state index in [4.69, 9.17) is 16.3 Å². The van der Waals surface area contributed by atoms with Gasteiger partial charge in [0.1, 0.15) is 11.6 Å². The molecular weight excluding hydrogens is 456 g/mol. The number of carbonyl (C=O) groups excluding carboxylic acids is 1. The van der Waals surface area contributed by atoms with E-state index >= 15 is 0 Å². The molecule has 3 aromatic rings. The van der Waals surface area contributed by atoms with Gasteiger partial charge >= 0.3 is 0 Å². The van der Waals surface area contributed by atoms with E-state index in [0.717, 1.165) is 36.2 Å². The second kappa shape index (κ2) is 9.99. The smallest absolute Gasteiger partial charge is 0.293 e. The van der Waals surface area contributed by atoms with Crippen molar-refractivity contribution in [1.29, 1.82) is 0 Å². The van der Waals surface area contributed by atoms with Gasteiger partial charge in [-0.2, -0.15) is 4.98 Å². The number of Topliss-reactive ketones (excluding diaryl/α,β-unsaturated/α-hetero) is 1. The normalized spacial score (nSPS) is 16.6. The second-order valence-electron chi connectivity index (χ2n) is 8.59.